The topological polar surface area (TPSA) is 56.5 Å². The predicted octanol–water partition coefficient (Wildman–Crippen LogP) is 4.58. The Morgan fingerprint density at radius 1 is 1.07 bits per heavy atom. The van der Waals surface area contributed by atoms with E-state index in [1.807, 2.05) is 49.4 Å². The zero-order chi connectivity index (χ0) is 18.8. The summed E-state index contributed by atoms with van der Waals surface area (Å²) in [6.45, 7) is 1.95. The van der Waals surface area contributed by atoms with Crippen LogP contribution in [0.5, 0.6) is 5.75 Å². The van der Waals surface area contributed by atoms with Gasteiger partial charge in [-0.15, -0.1) is 0 Å². The zero-order valence-electron chi connectivity index (χ0n) is 15.4. The van der Waals surface area contributed by atoms with Crippen LogP contribution in [0.1, 0.15) is 42.4 Å². The average Bonchev–Trinajstić information content (AvgIpc) is 2.68. The molecule has 0 amide bonds. The molecule has 138 valence electrons. The fourth-order valence-electron chi connectivity index (χ4n) is 3.69. The Hall–Kier alpha value is -2.88. The summed E-state index contributed by atoms with van der Waals surface area (Å²) in [5.74, 6) is 0.721. The Kier molecular flexibility index (Phi) is 4.80. The number of carbonyl (C=O) groups is 1. The van der Waals surface area contributed by atoms with Crippen LogP contribution in [0.4, 0.5) is 0 Å². The van der Waals surface area contributed by atoms with Crippen molar-refractivity contribution in [2.24, 2.45) is 0 Å². The lowest BCUT2D eigenvalue weighted by Gasteiger charge is -2.22. The molecule has 4 heteroatoms. The first-order valence-electron chi connectivity index (χ1n) is 9.41. The summed E-state index contributed by atoms with van der Waals surface area (Å²) in [6, 6.07) is 15.4. The molecule has 4 nitrogen and oxygen atoms in total. The highest BCUT2D eigenvalue weighted by atomic mass is 16.5. The summed E-state index contributed by atoms with van der Waals surface area (Å²) >= 11 is 0. The largest absolute Gasteiger partial charge is 0.483 e. The Bertz CT molecular complexity index is 1030. The highest BCUT2D eigenvalue weighted by Gasteiger charge is 2.24. The van der Waals surface area contributed by atoms with Crippen molar-refractivity contribution in [1.29, 1.82) is 0 Å². The van der Waals surface area contributed by atoms with Gasteiger partial charge in [-0.2, -0.15) is 0 Å². The van der Waals surface area contributed by atoms with Gasteiger partial charge in [-0.05, 0) is 49.4 Å². The number of aryl methyl sites for hydroxylation is 1. The molecule has 0 aliphatic heterocycles. The molecule has 1 saturated carbocycles. The first-order valence-corrected chi connectivity index (χ1v) is 9.41. The van der Waals surface area contributed by atoms with Crippen molar-refractivity contribution in [3.63, 3.8) is 0 Å². The summed E-state index contributed by atoms with van der Waals surface area (Å²) in [4.78, 5) is 24.5. The quantitative estimate of drug-likeness (QED) is 0.637. The van der Waals surface area contributed by atoms with Crippen LogP contribution >= 0.6 is 0 Å². The third kappa shape index (κ3) is 3.65. The van der Waals surface area contributed by atoms with Gasteiger partial charge in [-0.1, -0.05) is 30.3 Å². The van der Waals surface area contributed by atoms with Crippen molar-refractivity contribution in [2.45, 2.75) is 45.1 Å². The molecule has 0 bridgehead atoms. The molecule has 1 heterocycles. The van der Waals surface area contributed by atoms with Gasteiger partial charge in [-0.3, -0.25) is 4.79 Å². The molecular weight excluding hydrogens is 340 g/mol. The lowest BCUT2D eigenvalue weighted by molar-refractivity contribution is -0.127. The summed E-state index contributed by atoms with van der Waals surface area (Å²) < 4.78 is 11.5. The third-order valence-corrected chi connectivity index (χ3v) is 5.26. The predicted molar refractivity (Wildman–Crippen MR) is 104 cm³/mol. The number of rotatable bonds is 4. The minimum Gasteiger partial charge on any atom is -0.483 e. The lowest BCUT2D eigenvalue weighted by Crippen LogP contribution is -2.30. The van der Waals surface area contributed by atoms with E-state index >= 15 is 0 Å². The Balaban J connectivity index is 1.66. The number of carbonyl (C=O) groups excluding carboxylic acids is 1. The molecule has 4 rings (SSSR count). The highest BCUT2D eigenvalue weighted by molar-refractivity contribution is 5.85. The van der Waals surface area contributed by atoms with E-state index in [0.717, 1.165) is 35.8 Å². The molecule has 1 aliphatic carbocycles. The number of hydrogen-bond acceptors (Lipinski definition) is 4. The van der Waals surface area contributed by atoms with E-state index in [2.05, 4.69) is 0 Å². The normalized spacial score (nSPS) is 17.2. The van der Waals surface area contributed by atoms with E-state index in [1.54, 1.807) is 6.07 Å². The number of hydrogen-bond donors (Lipinski definition) is 0. The first kappa shape index (κ1) is 17.5. The molecule has 1 fully saturated rings. The second-order valence-corrected chi connectivity index (χ2v) is 7.13. The Morgan fingerprint density at radius 2 is 1.89 bits per heavy atom. The van der Waals surface area contributed by atoms with Crippen LogP contribution in [-0.2, 0) is 11.2 Å². The molecule has 27 heavy (non-hydrogen) atoms. The molecular formula is C23H22O4. The average molecular weight is 362 g/mol. The highest BCUT2D eigenvalue weighted by Crippen LogP contribution is 2.27. The van der Waals surface area contributed by atoms with E-state index in [1.165, 1.54) is 0 Å². The van der Waals surface area contributed by atoms with Gasteiger partial charge in [0.1, 0.15) is 11.3 Å². The van der Waals surface area contributed by atoms with Crippen LogP contribution < -0.4 is 10.4 Å². The summed E-state index contributed by atoms with van der Waals surface area (Å²) in [7, 11) is 0. The van der Waals surface area contributed by atoms with Gasteiger partial charge in [-0.25, -0.2) is 4.79 Å². The van der Waals surface area contributed by atoms with Crippen molar-refractivity contribution < 1.29 is 13.9 Å². The monoisotopic (exact) mass is 362 g/mol. The van der Waals surface area contributed by atoms with Gasteiger partial charge >= 0.3 is 5.63 Å². The number of ketones is 1. The van der Waals surface area contributed by atoms with Crippen LogP contribution in [0.2, 0.25) is 0 Å². The molecule has 1 unspecified atom stereocenters. The van der Waals surface area contributed by atoms with Gasteiger partial charge in [0, 0.05) is 29.9 Å². The van der Waals surface area contributed by atoms with E-state index < -0.39 is 0 Å². The van der Waals surface area contributed by atoms with E-state index in [0.29, 0.717) is 29.7 Å². The van der Waals surface area contributed by atoms with Gasteiger partial charge < -0.3 is 9.15 Å². The van der Waals surface area contributed by atoms with Crippen LogP contribution in [-0.4, -0.2) is 11.9 Å². The molecule has 1 atom stereocenters. The number of benzene rings is 2. The lowest BCUT2D eigenvalue weighted by atomic mass is 9.96. The van der Waals surface area contributed by atoms with Crippen molar-refractivity contribution in [3.05, 3.63) is 75.6 Å². The fourth-order valence-corrected chi connectivity index (χ4v) is 3.69. The van der Waals surface area contributed by atoms with Crippen molar-refractivity contribution in [2.75, 3.05) is 0 Å². The van der Waals surface area contributed by atoms with Crippen molar-refractivity contribution >= 4 is 16.8 Å². The Morgan fingerprint density at radius 3 is 2.67 bits per heavy atom. The van der Waals surface area contributed by atoms with Crippen LogP contribution in [0, 0.1) is 6.92 Å². The van der Waals surface area contributed by atoms with Gasteiger partial charge in [0.15, 0.2) is 11.9 Å². The Labute approximate surface area is 157 Å². The maximum Gasteiger partial charge on any atom is 0.340 e. The number of ether oxygens (including phenoxy) is 1. The molecule has 3 aromatic rings. The van der Waals surface area contributed by atoms with Gasteiger partial charge in [0.25, 0.3) is 0 Å². The fraction of sp³-hybridized carbons (Fsp3) is 0.304. The van der Waals surface area contributed by atoms with E-state index in [9.17, 15) is 9.59 Å². The van der Waals surface area contributed by atoms with Crippen LogP contribution in [0.25, 0.3) is 11.0 Å². The maximum absolute atomic E-state index is 12.6. The number of Topliss-reactive ketones (excluding diaryl/α,β-unsaturated/α-hetero) is 1. The summed E-state index contributed by atoms with van der Waals surface area (Å²) in [6.07, 6.45) is 3.42. The molecule has 2 aromatic carbocycles. The smallest absolute Gasteiger partial charge is 0.340 e. The summed E-state index contributed by atoms with van der Waals surface area (Å²) in [5, 5.41) is 0.892. The van der Waals surface area contributed by atoms with E-state index in [-0.39, 0.29) is 17.5 Å². The second-order valence-electron chi connectivity index (χ2n) is 7.13. The minimum absolute atomic E-state index is 0.150. The third-order valence-electron chi connectivity index (χ3n) is 5.26. The molecule has 0 N–H and O–H groups in total. The van der Waals surface area contributed by atoms with Gasteiger partial charge in [0.2, 0.25) is 0 Å². The van der Waals surface area contributed by atoms with Crippen LogP contribution in [0.15, 0.2) is 57.7 Å². The minimum atomic E-state index is -0.388. The van der Waals surface area contributed by atoms with E-state index in [4.69, 9.17) is 9.15 Å². The summed E-state index contributed by atoms with van der Waals surface area (Å²) in [5.41, 5.74) is 2.84. The number of fused-ring (bicyclic) bond motifs is 1. The van der Waals surface area contributed by atoms with Crippen molar-refractivity contribution in [3.8, 4) is 5.75 Å². The molecule has 1 aliphatic rings. The molecule has 1 aromatic heterocycles. The molecule has 0 radical (unpaired) electrons. The van der Waals surface area contributed by atoms with Crippen molar-refractivity contribution in [1.82, 2.24) is 0 Å². The second kappa shape index (κ2) is 7.39. The zero-order valence-corrected chi connectivity index (χ0v) is 15.4. The molecule has 0 saturated heterocycles. The first-order chi connectivity index (χ1) is 13.1. The SMILES string of the molecule is Cc1c(Cc2ccccc2)c(=O)oc2cc(OC3CCCCC3=O)ccc12. The molecule has 0 spiro atoms. The van der Waals surface area contributed by atoms with Gasteiger partial charge in [0.05, 0.1) is 0 Å². The maximum atomic E-state index is 12.6. The van der Waals surface area contributed by atoms with Crippen LogP contribution in [0.3, 0.4) is 0 Å². The standard InChI is InChI=1S/C23H22O4/c1-15-18-12-11-17(26-21-10-6-5-9-20(21)24)14-22(18)27-23(25)19(15)13-16-7-3-2-4-8-16/h2-4,7-8,11-12,14,21H,5-6,9-10,13H2,1H3.